The Labute approximate surface area is 135 Å². The van der Waals surface area contributed by atoms with E-state index in [9.17, 15) is 4.79 Å². The van der Waals surface area contributed by atoms with Gasteiger partial charge >= 0.3 is 0 Å². The molecule has 2 aromatic heterocycles. The number of rotatable bonds is 2. The Morgan fingerprint density at radius 2 is 2.22 bits per heavy atom. The largest absolute Gasteiger partial charge is 0.355 e. The first-order chi connectivity index (χ1) is 11.2. The molecule has 0 unspecified atom stereocenters. The van der Waals surface area contributed by atoms with Crippen LogP contribution in [-0.4, -0.2) is 51.9 Å². The Hall–Kier alpha value is -2.11. The number of nitrogens with zero attached hydrogens (tertiary/aromatic N) is 4. The summed E-state index contributed by atoms with van der Waals surface area (Å²) in [4.78, 5) is 28.5. The summed E-state index contributed by atoms with van der Waals surface area (Å²) < 4.78 is 0. The highest BCUT2D eigenvalue weighted by atomic mass is 16.2. The average Bonchev–Trinajstić information content (AvgIpc) is 3.06. The maximum absolute atomic E-state index is 12.0. The van der Waals surface area contributed by atoms with Crippen LogP contribution in [0.4, 0.5) is 5.82 Å². The van der Waals surface area contributed by atoms with Crippen molar-refractivity contribution in [1.82, 2.24) is 19.9 Å². The molecule has 2 fully saturated rings. The van der Waals surface area contributed by atoms with Crippen LogP contribution in [0, 0.1) is 5.41 Å². The molecular formula is C17H23N5O. The lowest BCUT2D eigenvalue weighted by molar-refractivity contribution is -0.137. The normalized spacial score (nSPS) is 25.5. The predicted molar refractivity (Wildman–Crippen MR) is 89.3 cm³/mol. The smallest absolute Gasteiger partial charge is 0.222 e. The van der Waals surface area contributed by atoms with Gasteiger partial charge in [-0.25, -0.2) is 9.97 Å². The van der Waals surface area contributed by atoms with E-state index in [-0.39, 0.29) is 5.41 Å². The lowest BCUT2D eigenvalue weighted by Gasteiger charge is -2.48. The van der Waals surface area contributed by atoms with Gasteiger partial charge in [-0.3, -0.25) is 4.79 Å². The van der Waals surface area contributed by atoms with Crippen LogP contribution in [0.5, 0.6) is 0 Å². The van der Waals surface area contributed by atoms with Crippen molar-refractivity contribution in [2.45, 2.75) is 32.6 Å². The molecule has 2 aromatic rings. The summed E-state index contributed by atoms with van der Waals surface area (Å²) in [6, 6.07) is 2.05. The van der Waals surface area contributed by atoms with Crippen molar-refractivity contribution in [3.05, 3.63) is 18.6 Å². The summed E-state index contributed by atoms with van der Waals surface area (Å²) in [5.41, 5.74) is 1.11. The minimum atomic E-state index is 0.218. The van der Waals surface area contributed by atoms with Crippen LogP contribution in [-0.2, 0) is 4.79 Å². The van der Waals surface area contributed by atoms with Crippen molar-refractivity contribution in [2.75, 3.05) is 31.1 Å². The quantitative estimate of drug-likeness (QED) is 0.923. The molecule has 23 heavy (non-hydrogen) atoms. The molecular weight excluding hydrogens is 290 g/mol. The van der Waals surface area contributed by atoms with E-state index in [0.29, 0.717) is 12.3 Å². The van der Waals surface area contributed by atoms with Crippen molar-refractivity contribution in [1.29, 1.82) is 0 Å². The Balaban J connectivity index is 1.62. The summed E-state index contributed by atoms with van der Waals surface area (Å²) >= 11 is 0. The van der Waals surface area contributed by atoms with Gasteiger partial charge in [0.15, 0.2) is 0 Å². The number of hydrogen-bond donors (Lipinski definition) is 1. The highest BCUT2D eigenvalue weighted by Crippen LogP contribution is 2.40. The molecule has 4 rings (SSSR count). The Bertz CT molecular complexity index is 727. The van der Waals surface area contributed by atoms with E-state index in [1.807, 2.05) is 11.1 Å². The second-order valence-corrected chi connectivity index (χ2v) is 6.87. The first-order valence-electron chi connectivity index (χ1n) is 8.52. The molecule has 1 spiro atoms. The molecule has 0 aromatic carbocycles. The molecule has 6 heteroatoms. The molecule has 1 amide bonds. The Morgan fingerprint density at radius 1 is 1.30 bits per heavy atom. The first kappa shape index (κ1) is 14.5. The van der Waals surface area contributed by atoms with Crippen molar-refractivity contribution in [3.63, 3.8) is 0 Å². The van der Waals surface area contributed by atoms with Crippen LogP contribution < -0.4 is 4.90 Å². The van der Waals surface area contributed by atoms with Crippen molar-refractivity contribution in [3.8, 4) is 0 Å². The summed E-state index contributed by atoms with van der Waals surface area (Å²) in [6.07, 6.45) is 7.60. The van der Waals surface area contributed by atoms with Crippen LogP contribution in [0.2, 0.25) is 0 Å². The molecule has 122 valence electrons. The van der Waals surface area contributed by atoms with E-state index < -0.39 is 0 Å². The molecule has 0 bridgehead atoms. The third-order valence-electron chi connectivity index (χ3n) is 5.42. The van der Waals surface area contributed by atoms with Gasteiger partial charge < -0.3 is 14.8 Å². The van der Waals surface area contributed by atoms with Gasteiger partial charge in [0.1, 0.15) is 17.8 Å². The van der Waals surface area contributed by atoms with Gasteiger partial charge in [0.2, 0.25) is 5.91 Å². The van der Waals surface area contributed by atoms with Gasteiger partial charge in [0, 0.05) is 44.2 Å². The molecule has 4 heterocycles. The number of aromatic amines is 1. The van der Waals surface area contributed by atoms with Crippen LogP contribution in [0.1, 0.15) is 32.6 Å². The Morgan fingerprint density at radius 3 is 3.09 bits per heavy atom. The fourth-order valence-corrected chi connectivity index (χ4v) is 4.22. The molecule has 2 saturated heterocycles. The summed E-state index contributed by atoms with van der Waals surface area (Å²) in [5, 5.41) is 1.09. The number of nitrogens with one attached hydrogen (secondary N) is 1. The number of hydrogen-bond acceptors (Lipinski definition) is 4. The van der Waals surface area contributed by atoms with E-state index in [0.717, 1.165) is 55.9 Å². The van der Waals surface area contributed by atoms with Gasteiger partial charge in [0.05, 0.1) is 5.39 Å². The van der Waals surface area contributed by atoms with Gasteiger partial charge in [-0.05, 0) is 32.3 Å². The summed E-state index contributed by atoms with van der Waals surface area (Å²) in [7, 11) is 0. The average molecular weight is 313 g/mol. The zero-order chi connectivity index (χ0) is 15.9. The fourth-order valence-electron chi connectivity index (χ4n) is 4.22. The number of carbonyl (C=O) groups is 1. The lowest BCUT2D eigenvalue weighted by Crippen LogP contribution is -2.54. The van der Waals surface area contributed by atoms with Crippen LogP contribution in [0.15, 0.2) is 18.6 Å². The molecule has 2 aliphatic rings. The molecule has 0 aliphatic carbocycles. The van der Waals surface area contributed by atoms with Crippen molar-refractivity contribution >= 4 is 22.8 Å². The molecule has 0 saturated carbocycles. The number of anilines is 1. The fraction of sp³-hybridized carbons (Fsp3) is 0.588. The van der Waals surface area contributed by atoms with Crippen molar-refractivity contribution in [2.24, 2.45) is 5.41 Å². The first-order valence-corrected chi connectivity index (χ1v) is 8.52. The van der Waals surface area contributed by atoms with E-state index >= 15 is 0 Å². The maximum atomic E-state index is 12.0. The number of carbonyl (C=O) groups excluding carboxylic acids is 1. The van der Waals surface area contributed by atoms with Gasteiger partial charge in [-0.15, -0.1) is 0 Å². The maximum Gasteiger partial charge on any atom is 0.222 e. The number of H-pyrrole nitrogens is 1. The number of amides is 1. The van der Waals surface area contributed by atoms with E-state index in [1.54, 1.807) is 6.33 Å². The summed E-state index contributed by atoms with van der Waals surface area (Å²) in [6.45, 7) is 5.79. The van der Waals surface area contributed by atoms with E-state index in [4.69, 9.17) is 0 Å². The van der Waals surface area contributed by atoms with E-state index in [1.165, 1.54) is 6.42 Å². The number of piperidine rings is 2. The van der Waals surface area contributed by atoms with Crippen LogP contribution >= 0.6 is 0 Å². The summed E-state index contributed by atoms with van der Waals surface area (Å²) in [5.74, 6) is 1.33. The highest BCUT2D eigenvalue weighted by molar-refractivity contribution is 5.87. The predicted octanol–water partition coefficient (Wildman–Crippen LogP) is 2.19. The number of likely N-dealkylation sites (tertiary alicyclic amines) is 1. The number of fused-ring (bicyclic) bond motifs is 1. The topological polar surface area (TPSA) is 65.1 Å². The van der Waals surface area contributed by atoms with Crippen LogP contribution in [0.25, 0.3) is 11.0 Å². The molecule has 6 nitrogen and oxygen atoms in total. The zero-order valence-corrected chi connectivity index (χ0v) is 13.6. The van der Waals surface area contributed by atoms with Gasteiger partial charge in [-0.2, -0.15) is 0 Å². The molecule has 0 radical (unpaired) electrons. The van der Waals surface area contributed by atoms with Crippen molar-refractivity contribution < 1.29 is 4.79 Å². The standard InChI is InChI=1S/C17H23N5O/c1-2-21-10-17(7-4-14(21)23)6-3-9-22(11-17)16-13-5-8-18-15(13)19-12-20-16/h5,8,12H,2-4,6-7,9-11H2,1H3,(H,18,19,20)/t17-/m0/s1. The molecule has 1 atom stereocenters. The van der Waals surface area contributed by atoms with Gasteiger partial charge in [0.25, 0.3) is 0 Å². The second kappa shape index (κ2) is 5.51. The molecule has 2 aliphatic heterocycles. The van der Waals surface area contributed by atoms with Crippen LogP contribution in [0.3, 0.4) is 0 Å². The highest BCUT2D eigenvalue weighted by Gasteiger charge is 2.41. The van der Waals surface area contributed by atoms with Gasteiger partial charge in [-0.1, -0.05) is 0 Å². The third-order valence-corrected chi connectivity index (χ3v) is 5.42. The zero-order valence-electron chi connectivity index (χ0n) is 13.6. The molecule has 1 N–H and O–H groups in total. The Kier molecular flexibility index (Phi) is 3.47. The van der Waals surface area contributed by atoms with E-state index in [2.05, 4.69) is 32.8 Å². The number of aromatic nitrogens is 3. The minimum Gasteiger partial charge on any atom is -0.355 e. The second-order valence-electron chi connectivity index (χ2n) is 6.87. The monoisotopic (exact) mass is 313 g/mol. The SMILES string of the molecule is CCN1C[C@]2(CCCN(c3ncnc4[nH]ccc34)C2)CCC1=O. The lowest BCUT2D eigenvalue weighted by atomic mass is 9.73. The third kappa shape index (κ3) is 2.46. The minimum absolute atomic E-state index is 0.218.